The normalized spacial score (nSPS) is 21.7. The van der Waals surface area contributed by atoms with Crippen molar-refractivity contribution in [2.75, 3.05) is 7.11 Å². The predicted octanol–water partition coefficient (Wildman–Crippen LogP) is 3.32. The molecule has 2 aliphatic carbocycles. The number of nitrogens with two attached hydrogens (primary N) is 1. The maximum atomic E-state index is 11.6. The van der Waals surface area contributed by atoms with E-state index < -0.39 is 12.0 Å². The van der Waals surface area contributed by atoms with E-state index in [-0.39, 0.29) is 12.0 Å². The van der Waals surface area contributed by atoms with Crippen LogP contribution in [0.1, 0.15) is 61.3 Å². The van der Waals surface area contributed by atoms with Crippen LogP contribution in [0.3, 0.4) is 0 Å². The molecule has 1 saturated carbocycles. The Morgan fingerprint density at radius 2 is 2.12 bits per heavy atom. The van der Waals surface area contributed by atoms with Gasteiger partial charge in [0.05, 0.1) is 5.39 Å². The Morgan fingerprint density at radius 3 is 2.85 bits per heavy atom. The summed E-state index contributed by atoms with van der Waals surface area (Å²) in [7, 11) is 1.54. The van der Waals surface area contributed by atoms with Crippen molar-refractivity contribution >= 4 is 27.5 Å². The number of aromatic nitrogens is 2. The van der Waals surface area contributed by atoms with Crippen LogP contribution >= 0.6 is 11.3 Å². The van der Waals surface area contributed by atoms with Crippen LogP contribution in [0.2, 0.25) is 0 Å². The molecule has 2 atom stereocenters. The molecule has 1 fully saturated rings. The molecule has 2 N–H and O–H groups in total. The van der Waals surface area contributed by atoms with Gasteiger partial charge in [0.2, 0.25) is 11.8 Å². The number of aryl methyl sites for hydroxylation is 1. The zero-order valence-electron chi connectivity index (χ0n) is 15.1. The van der Waals surface area contributed by atoms with E-state index in [1.807, 2.05) is 0 Å². The van der Waals surface area contributed by atoms with Gasteiger partial charge in [0, 0.05) is 12.0 Å². The summed E-state index contributed by atoms with van der Waals surface area (Å²) in [6, 6.07) is 0. The fourth-order valence-electron chi connectivity index (χ4n) is 4.29. The average molecular weight is 375 g/mol. The smallest absolute Gasteiger partial charge is 0.246 e. The number of fused-ring (bicyclic) bond motifs is 3. The monoisotopic (exact) mass is 375 g/mol. The zero-order valence-corrected chi connectivity index (χ0v) is 15.9. The van der Waals surface area contributed by atoms with Crippen molar-refractivity contribution in [2.45, 2.75) is 69.5 Å². The standard InChI is InChI=1S/C19H25N3O3S/c1-24-13(17(20)23)9-11-7-8-14-15(11)16-18(21-10-22-19(16)26-14)25-12-5-3-2-4-6-12/h10-13H,2-9H2,1H3,(H2,20,23)/t11-,13-/m1/s1. The van der Waals surface area contributed by atoms with Crippen LogP contribution in [0.4, 0.5) is 0 Å². The largest absolute Gasteiger partial charge is 0.474 e. The van der Waals surface area contributed by atoms with Gasteiger partial charge in [-0.25, -0.2) is 9.97 Å². The fraction of sp³-hybridized carbons (Fsp3) is 0.632. The van der Waals surface area contributed by atoms with E-state index in [9.17, 15) is 4.79 Å². The number of rotatable bonds is 6. The maximum absolute atomic E-state index is 11.6. The van der Waals surface area contributed by atoms with Gasteiger partial charge in [-0.15, -0.1) is 11.3 Å². The van der Waals surface area contributed by atoms with Gasteiger partial charge < -0.3 is 15.2 Å². The van der Waals surface area contributed by atoms with Gasteiger partial charge in [0.15, 0.2) is 0 Å². The van der Waals surface area contributed by atoms with Crippen LogP contribution in [0.15, 0.2) is 6.33 Å². The highest BCUT2D eigenvalue weighted by molar-refractivity contribution is 7.19. The molecule has 140 valence electrons. The molecule has 0 aromatic carbocycles. The first-order valence-electron chi connectivity index (χ1n) is 9.42. The Kier molecular flexibility index (Phi) is 5.09. The first-order chi connectivity index (χ1) is 12.7. The number of nitrogens with zero attached hydrogens (tertiary/aromatic N) is 2. The number of hydrogen-bond donors (Lipinski definition) is 1. The highest BCUT2D eigenvalue weighted by Gasteiger charge is 2.33. The molecule has 0 aliphatic heterocycles. The number of methoxy groups -OCH3 is 1. The maximum Gasteiger partial charge on any atom is 0.246 e. The summed E-state index contributed by atoms with van der Waals surface area (Å²) < 4.78 is 11.6. The molecule has 0 radical (unpaired) electrons. The second-order valence-corrected chi connectivity index (χ2v) is 8.36. The van der Waals surface area contributed by atoms with Crippen LogP contribution in [-0.4, -0.2) is 35.2 Å². The van der Waals surface area contributed by atoms with Crippen LogP contribution in [0, 0.1) is 0 Å². The van der Waals surface area contributed by atoms with Crippen LogP contribution in [-0.2, 0) is 16.0 Å². The molecule has 4 rings (SSSR count). The first-order valence-corrected chi connectivity index (χ1v) is 10.2. The van der Waals surface area contributed by atoms with Crippen molar-refractivity contribution in [3.63, 3.8) is 0 Å². The summed E-state index contributed by atoms with van der Waals surface area (Å²) in [6.07, 6.45) is 9.80. The van der Waals surface area contributed by atoms with Crippen molar-refractivity contribution in [1.29, 1.82) is 0 Å². The number of ether oxygens (including phenoxy) is 2. The quantitative estimate of drug-likeness (QED) is 0.837. The van der Waals surface area contributed by atoms with E-state index in [1.165, 1.54) is 36.8 Å². The SMILES string of the molecule is CO[C@H](C[C@H]1CCc2sc3ncnc(OC4CCCCC4)c3c21)C(N)=O. The number of thiophene rings is 1. The lowest BCUT2D eigenvalue weighted by Gasteiger charge is -2.23. The second kappa shape index (κ2) is 7.48. The summed E-state index contributed by atoms with van der Waals surface area (Å²) in [6.45, 7) is 0. The van der Waals surface area contributed by atoms with E-state index in [0.29, 0.717) is 12.3 Å². The first kappa shape index (κ1) is 17.7. The molecule has 0 spiro atoms. The van der Waals surface area contributed by atoms with Gasteiger partial charge in [-0.05, 0) is 56.4 Å². The summed E-state index contributed by atoms with van der Waals surface area (Å²) in [5.74, 6) is 0.533. The highest BCUT2D eigenvalue weighted by Crippen LogP contribution is 2.47. The van der Waals surface area contributed by atoms with Gasteiger partial charge >= 0.3 is 0 Å². The molecule has 2 aliphatic rings. The van der Waals surface area contributed by atoms with E-state index in [4.69, 9.17) is 15.2 Å². The second-order valence-electron chi connectivity index (χ2n) is 7.27. The molecular weight excluding hydrogens is 350 g/mol. The van der Waals surface area contributed by atoms with E-state index in [0.717, 1.165) is 35.9 Å². The predicted molar refractivity (Wildman–Crippen MR) is 101 cm³/mol. The number of amides is 1. The highest BCUT2D eigenvalue weighted by atomic mass is 32.1. The molecule has 7 heteroatoms. The molecular formula is C19H25N3O3S. The third-order valence-corrected chi connectivity index (χ3v) is 6.80. The molecule has 2 aromatic rings. The fourth-order valence-corrected chi connectivity index (χ4v) is 5.52. The van der Waals surface area contributed by atoms with Gasteiger partial charge in [-0.1, -0.05) is 6.42 Å². The van der Waals surface area contributed by atoms with E-state index in [2.05, 4.69) is 9.97 Å². The lowest BCUT2D eigenvalue weighted by atomic mass is 9.94. The number of primary amides is 1. The lowest BCUT2D eigenvalue weighted by molar-refractivity contribution is -0.128. The Balaban J connectivity index is 1.67. The summed E-state index contributed by atoms with van der Waals surface area (Å²) in [5, 5.41) is 1.04. The molecule has 0 unspecified atom stereocenters. The van der Waals surface area contributed by atoms with Crippen LogP contribution in [0.5, 0.6) is 5.88 Å². The van der Waals surface area contributed by atoms with Gasteiger partial charge in [0.25, 0.3) is 0 Å². The minimum Gasteiger partial charge on any atom is -0.474 e. The Hall–Kier alpha value is -1.73. The lowest BCUT2D eigenvalue weighted by Crippen LogP contribution is -2.31. The van der Waals surface area contributed by atoms with Gasteiger partial charge in [-0.3, -0.25) is 4.79 Å². The minimum absolute atomic E-state index is 0.232. The third kappa shape index (κ3) is 3.30. The Morgan fingerprint density at radius 1 is 1.31 bits per heavy atom. The summed E-state index contributed by atoms with van der Waals surface area (Å²) in [5.41, 5.74) is 6.73. The number of carbonyl (C=O) groups is 1. The molecule has 2 aromatic heterocycles. The molecule has 26 heavy (non-hydrogen) atoms. The molecule has 2 heterocycles. The molecule has 1 amide bonds. The molecule has 6 nitrogen and oxygen atoms in total. The third-order valence-electron chi connectivity index (χ3n) is 5.63. The van der Waals surface area contributed by atoms with Gasteiger partial charge in [0.1, 0.15) is 23.4 Å². The van der Waals surface area contributed by atoms with Crippen molar-refractivity contribution in [1.82, 2.24) is 9.97 Å². The topological polar surface area (TPSA) is 87.3 Å². The minimum atomic E-state index is -0.562. The average Bonchev–Trinajstić information content (AvgIpc) is 3.20. The number of carbonyl (C=O) groups excluding carboxylic acids is 1. The Bertz CT molecular complexity index is 801. The van der Waals surface area contributed by atoms with Crippen molar-refractivity contribution in [3.8, 4) is 5.88 Å². The summed E-state index contributed by atoms with van der Waals surface area (Å²) in [4.78, 5) is 22.9. The van der Waals surface area contributed by atoms with E-state index >= 15 is 0 Å². The zero-order chi connectivity index (χ0) is 18.1. The van der Waals surface area contributed by atoms with Crippen LogP contribution < -0.4 is 10.5 Å². The number of hydrogen-bond acceptors (Lipinski definition) is 6. The van der Waals surface area contributed by atoms with Crippen molar-refractivity contribution in [3.05, 3.63) is 16.8 Å². The Labute approximate surface area is 157 Å². The molecule has 0 saturated heterocycles. The van der Waals surface area contributed by atoms with Crippen LogP contribution in [0.25, 0.3) is 10.2 Å². The van der Waals surface area contributed by atoms with E-state index in [1.54, 1.807) is 17.7 Å². The molecule has 0 bridgehead atoms. The van der Waals surface area contributed by atoms with Crippen molar-refractivity contribution in [2.24, 2.45) is 5.73 Å². The van der Waals surface area contributed by atoms with Gasteiger partial charge in [-0.2, -0.15) is 0 Å². The summed E-state index contributed by atoms with van der Waals surface area (Å²) >= 11 is 1.72. The van der Waals surface area contributed by atoms with Crippen molar-refractivity contribution < 1.29 is 14.3 Å².